The van der Waals surface area contributed by atoms with Gasteiger partial charge in [-0.2, -0.15) is 0 Å². The molecule has 2 aromatic carbocycles. The molecular weight excluding hydrogens is 295 g/mol. The summed E-state index contributed by atoms with van der Waals surface area (Å²) >= 11 is 0. The molecule has 0 unspecified atom stereocenters. The van der Waals surface area contributed by atoms with Crippen molar-refractivity contribution < 1.29 is 14.3 Å². The van der Waals surface area contributed by atoms with E-state index < -0.39 is 0 Å². The first-order valence-corrected chi connectivity index (χ1v) is 7.42. The van der Waals surface area contributed by atoms with Gasteiger partial charge < -0.3 is 15.4 Å². The van der Waals surface area contributed by atoms with E-state index in [9.17, 15) is 14.3 Å². The van der Waals surface area contributed by atoms with E-state index in [0.29, 0.717) is 13.0 Å². The number of halogens is 1. The lowest BCUT2D eigenvalue weighted by molar-refractivity contribution is -0.120. The number of nitrogens with one attached hydrogen (secondary N) is 2. The van der Waals surface area contributed by atoms with Crippen LogP contribution < -0.4 is 5.32 Å². The molecule has 1 amide bonds. The van der Waals surface area contributed by atoms with E-state index in [1.807, 2.05) is 12.3 Å². The van der Waals surface area contributed by atoms with E-state index in [4.69, 9.17) is 0 Å². The van der Waals surface area contributed by atoms with E-state index in [1.165, 1.54) is 12.1 Å². The Morgan fingerprint density at radius 1 is 1.17 bits per heavy atom. The van der Waals surface area contributed by atoms with Crippen LogP contribution in [0, 0.1) is 5.82 Å². The molecule has 0 saturated carbocycles. The summed E-state index contributed by atoms with van der Waals surface area (Å²) in [5.74, 6) is -0.174. The van der Waals surface area contributed by atoms with Gasteiger partial charge in [0.2, 0.25) is 5.91 Å². The second-order valence-electron chi connectivity index (χ2n) is 5.45. The lowest BCUT2D eigenvalue weighted by atomic mass is 10.1. The number of hydrogen-bond donors (Lipinski definition) is 3. The van der Waals surface area contributed by atoms with Crippen LogP contribution in [0.5, 0.6) is 5.75 Å². The van der Waals surface area contributed by atoms with Gasteiger partial charge >= 0.3 is 0 Å². The zero-order chi connectivity index (χ0) is 16.2. The van der Waals surface area contributed by atoms with Crippen molar-refractivity contribution in [2.75, 3.05) is 6.54 Å². The number of H-pyrrole nitrogens is 1. The number of aromatic hydroxyl groups is 1. The average Bonchev–Trinajstić information content (AvgIpc) is 2.92. The number of carbonyl (C=O) groups is 1. The van der Waals surface area contributed by atoms with Crippen molar-refractivity contribution in [1.82, 2.24) is 10.3 Å². The third kappa shape index (κ3) is 3.69. The molecule has 1 aromatic heterocycles. The number of rotatable bonds is 5. The largest absolute Gasteiger partial charge is 0.508 e. The van der Waals surface area contributed by atoms with Gasteiger partial charge in [0.15, 0.2) is 0 Å². The summed E-state index contributed by atoms with van der Waals surface area (Å²) < 4.78 is 12.8. The molecule has 1 heterocycles. The van der Waals surface area contributed by atoms with Crippen LogP contribution in [0.25, 0.3) is 10.9 Å². The highest BCUT2D eigenvalue weighted by Gasteiger charge is 2.06. The lowest BCUT2D eigenvalue weighted by Crippen LogP contribution is -2.27. The highest BCUT2D eigenvalue weighted by atomic mass is 19.1. The fourth-order valence-corrected chi connectivity index (χ4v) is 2.57. The minimum atomic E-state index is -0.306. The maximum atomic E-state index is 12.8. The molecule has 0 aliphatic heterocycles. The van der Waals surface area contributed by atoms with Gasteiger partial charge in [-0.25, -0.2) is 4.39 Å². The number of aromatic amines is 1. The second-order valence-corrected chi connectivity index (χ2v) is 5.45. The van der Waals surface area contributed by atoms with Gasteiger partial charge in [-0.3, -0.25) is 4.79 Å². The molecule has 3 aromatic rings. The Balaban J connectivity index is 1.54. The maximum absolute atomic E-state index is 12.8. The third-order valence-corrected chi connectivity index (χ3v) is 3.75. The molecule has 0 atom stereocenters. The summed E-state index contributed by atoms with van der Waals surface area (Å²) in [5, 5.41) is 13.3. The van der Waals surface area contributed by atoms with Gasteiger partial charge in [-0.05, 0) is 41.8 Å². The van der Waals surface area contributed by atoms with Crippen LogP contribution in [-0.2, 0) is 17.6 Å². The van der Waals surface area contributed by atoms with Crippen molar-refractivity contribution >= 4 is 16.8 Å². The van der Waals surface area contributed by atoms with Crippen LogP contribution in [-0.4, -0.2) is 22.5 Å². The van der Waals surface area contributed by atoms with Crippen LogP contribution in [0.15, 0.2) is 48.7 Å². The maximum Gasteiger partial charge on any atom is 0.224 e. The topological polar surface area (TPSA) is 65.1 Å². The molecule has 23 heavy (non-hydrogen) atoms. The predicted molar refractivity (Wildman–Crippen MR) is 86.8 cm³/mol. The Kier molecular flexibility index (Phi) is 4.28. The molecule has 5 heteroatoms. The Hall–Kier alpha value is -2.82. The van der Waals surface area contributed by atoms with Crippen molar-refractivity contribution in [1.29, 1.82) is 0 Å². The van der Waals surface area contributed by atoms with Crippen LogP contribution in [0.2, 0.25) is 0 Å². The summed E-state index contributed by atoms with van der Waals surface area (Å²) in [6, 6.07) is 11.1. The van der Waals surface area contributed by atoms with E-state index >= 15 is 0 Å². The quantitative estimate of drug-likeness (QED) is 0.678. The lowest BCUT2D eigenvalue weighted by Gasteiger charge is -2.05. The molecule has 0 radical (unpaired) electrons. The van der Waals surface area contributed by atoms with Crippen LogP contribution in [0.4, 0.5) is 4.39 Å². The number of benzene rings is 2. The molecule has 0 saturated heterocycles. The second kappa shape index (κ2) is 6.52. The molecule has 0 aliphatic carbocycles. The molecule has 0 aliphatic rings. The highest BCUT2D eigenvalue weighted by Crippen LogP contribution is 2.22. The first kappa shape index (κ1) is 15.1. The van der Waals surface area contributed by atoms with Crippen molar-refractivity contribution in [2.24, 2.45) is 0 Å². The number of phenols is 1. The monoisotopic (exact) mass is 312 g/mol. The summed E-state index contributed by atoms with van der Waals surface area (Å²) in [5.41, 5.74) is 2.74. The summed E-state index contributed by atoms with van der Waals surface area (Å²) in [4.78, 5) is 15.0. The van der Waals surface area contributed by atoms with E-state index in [-0.39, 0.29) is 23.9 Å². The number of amides is 1. The van der Waals surface area contributed by atoms with Gasteiger partial charge in [0.1, 0.15) is 11.6 Å². The SMILES string of the molecule is O=C(Cc1ccc(F)cc1)NCCc1c[nH]c2cc(O)ccc12. The third-order valence-electron chi connectivity index (χ3n) is 3.75. The minimum Gasteiger partial charge on any atom is -0.508 e. The van der Waals surface area contributed by atoms with Crippen LogP contribution >= 0.6 is 0 Å². The van der Waals surface area contributed by atoms with Crippen molar-refractivity contribution in [3.63, 3.8) is 0 Å². The van der Waals surface area contributed by atoms with Gasteiger partial charge in [0, 0.05) is 29.7 Å². The fourth-order valence-electron chi connectivity index (χ4n) is 2.57. The van der Waals surface area contributed by atoms with Gasteiger partial charge in [-0.15, -0.1) is 0 Å². The van der Waals surface area contributed by atoms with Gasteiger partial charge in [-0.1, -0.05) is 12.1 Å². The number of aromatic nitrogens is 1. The average molecular weight is 312 g/mol. The molecule has 0 spiro atoms. The first-order valence-electron chi connectivity index (χ1n) is 7.42. The normalized spacial score (nSPS) is 10.8. The van der Waals surface area contributed by atoms with Crippen molar-refractivity contribution in [3.05, 3.63) is 65.6 Å². The number of phenolic OH excluding ortho intramolecular Hbond substituents is 1. The highest BCUT2D eigenvalue weighted by molar-refractivity contribution is 5.84. The Morgan fingerprint density at radius 3 is 2.74 bits per heavy atom. The van der Waals surface area contributed by atoms with Gasteiger partial charge in [0.05, 0.1) is 6.42 Å². The molecule has 4 nitrogen and oxygen atoms in total. The minimum absolute atomic E-state index is 0.0888. The number of carbonyl (C=O) groups excluding carboxylic acids is 1. The number of hydrogen-bond acceptors (Lipinski definition) is 2. The molecule has 118 valence electrons. The van der Waals surface area contributed by atoms with E-state index in [1.54, 1.807) is 24.3 Å². The van der Waals surface area contributed by atoms with Crippen molar-refractivity contribution in [3.8, 4) is 5.75 Å². The van der Waals surface area contributed by atoms with Crippen molar-refractivity contribution in [2.45, 2.75) is 12.8 Å². The van der Waals surface area contributed by atoms with E-state index in [0.717, 1.165) is 22.0 Å². The molecule has 3 N–H and O–H groups in total. The predicted octanol–water partition coefficient (Wildman–Crippen LogP) is 2.91. The molecule has 3 rings (SSSR count). The summed E-state index contributed by atoms with van der Waals surface area (Å²) in [6.07, 6.45) is 2.82. The molecule has 0 fully saturated rings. The van der Waals surface area contributed by atoms with E-state index in [2.05, 4.69) is 10.3 Å². The Labute approximate surface area is 133 Å². The summed E-state index contributed by atoms with van der Waals surface area (Å²) in [7, 11) is 0. The Morgan fingerprint density at radius 2 is 1.96 bits per heavy atom. The van der Waals surface area contributed by atoms with Gasteiger partial charge in [0.25, 0.3) is 0 Å². The summed E-state index contributed by atoms with van der Waals surface area (Å²) in [6.45, 7) is 0.522. The Bertz CT molecular complexity index is 825. The number of fused-ring (bicyclic) bond motifs is 1. The van der Waals surface area contributed by atoms with Crippen LogP contribution in [0.3, 0.4) is 0 Å². The zero-order valence-electron chi connectivity index (χ0n) is 12.5. The fraction of sp³-hybridized carbons (Fsp3) is 0.167. The zero-order valence-corrected chi connectivity index (χ0v) is 12.5. The molecular formula is C18H17FN2O2. The smallest absolute Gasteiger partial charge is 0.224 e. The standard InChI is InChI=1S/C18H17FN2O2/c19-14-3-1-12(2-4-14)9-18(23)20-8-7-13-11-21-17-10-15(22)5-6-16(13)17/h1-6,10-11,21-22H,7-9H2,(H,20,23). The first-order chi connectivity index (χ1) is 11.1. The van der Waals surface area contributed by atoms with Crippen LogP contribution in [0.1, 0.15) is 11.1 Å². The molecule has 0 bridgehead atoms.